The molecule has 5 heteroatoms. The van der Waals surface area contributed by atoms with Crippen molar-refractivity contribution in [1.29, 1.82) is 0 Å². The number of nitrogens with one attached hydrogen (secondary N) is 1. The van der Waals surface area contributed by atoms with Crippen LogP contribution in [0.2, 0.25) is 0 Å². The van der Waals surface area contributed by atoms with E-state index >= 15 is 0 Å². The van der Waals surface area contributed by atoms with Gasteiger partial charge in [-0.2, -0.15) is 0 Å². The summed E-state index contributed by atoms with van der Waals surface area (Å²) in [6.45, 7) is 4.21. The van der Waals surface area contributed by atoms with E-state index < -0.39 is 24.2 Å². The van der Waals surface area contributed by atoms with Crippen LogP contribution in [0.3, 0.4) is 0 Å². The third-order valence-electron chi connectivity index (χ3n) is 13.5. The zero-order chi connectivity index (χ0) is 45.8. The van der Waals surface area contributed by atoms with Gasteiger partial charge in [0.25, 0.3) is 0 Å². The molecule has 0 saturated carbocycles. The molecule has 0 aliphatic heterocycles. The van der Waals surface area contributed by atoms with Crippen LogP contribution >= 0.6 is 0 Å². The highest BCUT2D eigenvalue weighted by atomic mass is 16.3. The summed E-state index contributed by atoms with van der Waals surface area (Å²) in [7, 11) is 0. The Hall–Kier alpha value is -1.17. The predicted octanol–water partition coefficient (Wildman–Crippen LogP) is 17.7. The Morgan fingerprint density at radius 3 is 0.968 bits per heavy atom. The third kappa shape index (κ3) is 48.6. The molecule has 0 heterocycles. The lowest BCUT2D eigenvalue weighted by Gasteiger charge is -2.21. The molecule has 0 aliphatic rings. The fourth-order valence-corrected chi connectivity index (χ4v) is 9.09. The lowest BCUT2D eigenvalue weighted by molar-refractivity contribution is -0.131. The first-order valence-corrected chi connectivity index (χ1v) is 28.7. The van der Waals surface area contributed by atoms with Crippen LogP contribution in [-0.4, -0.2) is 46.1 Å². The van der Waals surface area contributed by atoms with Gasteiger partial charge in [-0.3, -0.25) is 4.79 Å². The molecular formula is C58H113NO4. The van der Waals surface area contributed by atoms with E-state index in [1.807, 2.05) is 6.08 Å². The molecule has 0 aromatic carbocycles. The van der Waals surface area contributed by atoms with Crippen LogP contribution in [0.25, 0.3) is 0 Å². The van der Waals surface area contributed by atoms with Crippen LogP contribution in [0.15, 0.2) is 24.3 Å². The Labute approximate surface area is 394 Å². The van der Waals surface area contributed by atoms with Gasteiger partial charge < -0.3 is 20.6 Å². The van der Waals surface area contributed by atoms with E-state index in [2.05, 4.69) is 31.3 Å². The molecular weight excluding hydrogens is 775 g/mol. The van der Waals surface area contributed by atoms with Crippen molar-refractivity contribution in [3.8, 4) is 0 Å². The summed E-state index contributed by atoms with van der Waals surface area (Å²) in [5.41, 5.74) is 0. The number of aliphatic hydroxyl groups is 3. The van der Waals surface area contributed by atoms with E-state index in [4.69, 9.17) is 0 Å². The number of aliphatic hydroxyl groups excluding tert-OH is 3. The monoisotopic (exact) mass is 888 g/mol. The molecule has 0 bridgehead atoms. The minimum atomic E-state index is -1.10. The maximum Gasteiger partial charge on any atom is 0.249 e. The van der Waals surface area contributed by atoms with Gasteiger partial charge in [0.2, 0.25) is 5.91 Å². The first kappa shape index (κ1) is 61.8. The Kier molecular flexibility index (Phi) is 52.5. The molecule has 63 heavy (non-hydrogen) atoms. The highest BCUT2D eigenvalue weighted by Crippen LogP contribution is 2.18. The van der Waals surface area contributed by atoms with Crippen LogP contribution in [0.1, 0.15) is 316 Å². The summed E-state index contributed by atoms with van der Waals surface area (Å²) < 4.78 is 0. The van der Waals surface area contributed by atoms with E-state index in [-0.39, 0.29) is 6.61 Å². The zero-order valence-corrected chi connectivity index (χ0v) is 42.7. The molecule has 3 unspecified atom stereocenters. The van der Waals surface area contributed by atoms with Crippen LogP contribution in [0.4, 0.5) is 0 Å². The fourth-order valence-electron chi connectivity index (χ4n) is 9.09. The second kappa shape index (κ2) is 53.4. The van der Waals surface area contributed by atoms with Crippen molar-refractivity contribution in [2.45, 2.75) is 334 Å². The lowest BCUT2D eigenvalue weighted by Crippen LogP contribution is -2.48. The number of carbonyl (C=O) groups is 1. The van der Waals surface area contributed by atoms with E-state index in [9.17, 15) is 20.1 Å². The Balaban J connectivity index is 3.55. The summed E-state index contributed by atoms with van der Waals surface area (Å²) in [6.07, 6.45) is 68.4. The highest BCUT2D eigenvalue weighted by molar-refractivity contribution is 5.80. The first-order chi connectivity index (χ1) is 31.1. The summed E-state index contributed by atoms with van der Waals surface area (Å²) >= 11 is 0. The highest BCUT2D eigenvalue weighted by Gasteiger charge is 2.22. The number of allylic oxidation sites excluding steroid dienone is 3. The molecule has 0 aromatic rings. The van der Waals surface area contributed by atoms with Gasteiger partial charge in [0.05, 0.1) is 18.8 Å². The first-order valence-electron chi connectivity index (χ1n) is 28.7. The second-order valence-electron chi connectivity index (χ2n) is 19.9. The molecule has 5 nitrogen and oxygen atoms in total. The maximum atomic E-state index is 12.5. The fraction of sp³-hybridized carbons (Fsp3) is 0.914. The van der Waals surface area contributed by atoms with Crippen LogP contribution in [0, 0.1) is 0 Å². The van der Waals surface area contributed by atoms with Gasteiger partial charge in [-0.1, -0.05) is 308 Å². The lowest BCUT2D eigenvalue weighted by atomic mass is 10.0. The number of hydrogen-bond donors (Lipinski definition) is 4. The molecule has 0 saturated heterocycles. The molecule has 1 amide bonds. The van der Waals surface area contributed by atoms with E-state index in [1.54, 1.807) is 6.08 Å². The van der Waals surface area contributed by atoms with Gasteiger partial charge in [0.15, 0.2) is 0 Å². The second-order valence-corrected chi connectivity index (χ2v) is 19.9. The Bertz CT molecular complexity index is 936. The molecule has 0 radical (unpaired) electrons. The van der Waals surface area contributed by atoms with Crippen molar-refractivity contribution < 1.29 is 20.1 Å². The number of rotatable bonds is 53. The van der Waals surface area contributed by atoms with Gasteiger partial charge in [-0.25, -0.2) is 0 Å². The summed E-state index contributed by atoms with van der Waals surface area (Å²) in [5, 5.41) is 33.3. The number of carbonyl (C=O) groups excluding carboxylic acids is 1. The average molecular weight is 889 g/mol. The largest absolute Gasteiger partial charge is 0.394 e. The normalized spacial score (nSPS) is 13.4. The van der Waals surface area contributed by atoms with Gasteiger partial charge in [-0.15, -0.1) is 0 Å². The molecule has 374 valence electrons. The van der Waals surface area contributed by atoms with Crippen molar-refractivity contribution in [2.24, 2.45) is 0 Å². The van der Waals surface area contributed by atoms with Crippen molar-refractivity contribution in [2.75, 3.05) is 6.61 Å². The molecule has 0 aliphatic carbocycles. The Morgan fingerprint density at radius 1 is 0.381 bits per heavy atom. The summed E-state index contributed by atoms with van der Waals surface area (Å²) in [5.74, 6) is -0.506. The molecule has 0 fully saturated rings. The molecule has 0 spiro atoms. The van der Waals surface area contributed by atoms with Crippen LogP contribution in [-0.2, 0) is 4.79 Å². The van der Waals surface area contributed by atoms with E-state index in [0.717, 1.165) is 38.5 Å². The van der Waals surface area contributed by atoms with E-state index in [1.165, 1.54) is 257 Å². The van der Waals surface area contributed by atoms with Gasteiger partial charge >= 0.3 is 0 Å². The molecule has 0 aromatic heterocycles. The quantitative estimate of drug-likeness (QED) is 0.0362. The minimum Gasteiger partial charge on any atom is -0.394 e. The topological polar surface area (TPSA) is 89.8 Å². The predicted molar refractivity (Wildman–Crippen MR) is 278 cm³/mol. The number of unbranched alkanes of at least 4 members (excludes halogenated alkanes) is 43. The summed E-state index contributed by atoms with van der Waals surface area (Å²) in [6, 6.07) is -0.812. The maximum absolute atomic E-state index is 12.5. The standard InChI is InChI=1S/C58H113NO4/c1-3-5-7-9-11-13-15-17-19-21-23-25-26-27-28-29-30-31-32-33-35-37-39-41-43-45-47-49-51-53-57(62)58(63)59-55(54-60)56(61)52-50-48-46-44-42-40-38-36-34-24-22-20-18-16-14-12-10-8-6-4-2/h42,44,50,52,55-57,60-62H,3-41,43,45-49,51,53-54H2,1-2H3,(H,59,63)/b44-42+,52-50+. The molecule has 3 atom stereocenters. The number of amides is 1. The minimum absolute atomic E-state index is 0.372. The number of hydrogen-bond acceptors (Lipinski definition) is 4. The van der Waals surface area contributed by atoms with Crippen molar-refractivity contribution >= 4 is 5.91 Å². The van der Waals surface area contributed by atoms with Crippen molar-refractivity contribution in [3.63, 3.8) is 0 Å². The van der Waals surface area contributed by atoms with Gasteiger partial charge in [-0.05, 0) is 32.1 Å². The summed E-state index contributed by atoms with van der Waals surface area (Å²) in [4.78, 5) is 12.5. The van der Waals surface area contributed by atoms with Crippen molar-refractivity contribution in [3.05, 3.63) is 24.3 Å². The van der Waals surface area contributed by atoms with Gasteiger partial charge in [0, 0.05) is 0 Å². The van der Waals surface area contributed by atoms with E-state index in [0.29, 0.717) is 6.42 Å². The zero-order valence-electron chi connectivity index (χ0n) is 42.7. The van der Waals surface area contributed by atoms with Crippen LogP contribution < -0.4 is 5.32 Å². The van der Waals surface area contributed by atoms with Crippen LogP contribution in [0.5, 0.6) is 0 Å². The molecule has 0 rings (SSSR count). The average Bonchev–Trinajstić information content (AvgIpc) is 3.29. The van der Waals surface area contributed by atoms with Crippen molar-refractivity contribution in [1.82, 2.24) is 5.32 Å². The third-order valence-corrected chi connectivity index (χ3v) is 13.5. The smallest absolute Gasteiger partial charge is 0.249 e. The Morgan fingerprint density at radius 2 is 0.651 bits per heavy atom. The van der Waals surface area contributed by atoms with Gasteiger partial charge in [0.1, 0.15) is 6.10 Å². The molecule has 4 N–H and O–H groups in total. The SMILES string of the molecule is CCCCCCCCCCCCCCCC/C=C/CC/C=C/C(O)C(CO)NC(=O)C(O)CCCCCCCCCCCCCCCCCCCCCCCCCCCCCCC.